The molecule has 1 unspecified atom stereocenters. The third-order valence-electron chi connectivity index (χ3n) is 4.02. The number of nitrogens with two attached hydrogens (primary N) is 2. The van der Waals surface area contributed by atoms with Crippen molar-refractivity contribution in [3.8, 4) is 6.07 Å². The highest BCUT2D eigenvalue weighted by Gasteiger charge is 2.52. The van der Waals surface area contributed by atoms with Gasteiger partial charge in [0.05, 0.1) is 28.4 Å². The van der Waals surface area contributed by atoms with Crippen LogP contribution in [0.15, 0.2) is 16.4 Å². The number of aliphatic carboxylic acids is 1. The molecule has 1 spiro atoms. The Hall–Kier alpha value is -2.01. The van der Waals surface area contributed by atoms with E-state index in [1.54, 1.807) is 0 Å². The summed E-state index contributed by atoms with van der Waals surface area (Å²) in [5, 5.41) is 18.5. The van der Waals surface area contributed by atoms with Crippen molar-refractivity contribution < 1.29 is 14.7 Å². The van der Waals surface area contributed by atoms with Crippen LogP contribution in [0.1, 0.15) is 25.7 Å². The standard InChI is InChI=1S/C13H16N4O3S/c14-5-7-10(15)17-12(21-6-8(18)19)9(11(16)20)13(7)3-1-2-4-13/h9H,1-4,6,15H2,(H2,16,20)(H,18,19). The van der Waals surface area contributed by atoms with E-state index in [1.807, 2.05) is 0 Å². The van der Waals surface area contributed by atoms with E-state index < -0.39 is 23.2 Å². The van der Waals surface area contributed by atoms with Crippen LogP contribution < -0.4 is 11.5 Å². The van der Waals surface area contributed by atoms with Gasteiger partial charge in [-0.05, 0) is 12.8 Å². The van der Waals surface area contributed by atoms with Crippen LogP contribution in [0.2, 0.25) is 0 Å². The zero-order valence-electron chi connectivity index (χ0n) is 11.3. The van der Waals surface area contributed by atoms with Gasteiger partial charge in [0, 0.05) is 5.41 Å². The van der Waals surface area contributed by atoms with E-state index in [0.717, 1.165) is 24.6 Å². The number of thioether (sulfide) groups is 1. The SMILES string of the molecule is N#CC1=C(N)N=C(SCC(=O)O)C(C(N)=O)C12CCCC2. The van der Waals surface area contributed by atoms with Crippen molar-refractivity contribution >= 4 is 28.7 Å². The molecule has 1 saturated carbocycles. The molecule has 21 heavy (non-hydrogen) atoms. The number of nitrogens with zero attached hydrogens (tertiary/aromatic N) is 2. The summed E-state index contributed by atoms with van der Waals surface area (Å²) < 4.78 is 0. The molecule has 1 heterocycles. The van der Waals surface area contributed by atoms with Crippen LogP contribution in [-0.4, -0.2) is 27.8 Å². The van der Waals surface area contributed by atoms with E-state index >= 15 is 0 Å². The zero-order valence-corrected chi connectivity index (χ0v) is 12.2. The topological polar surface area (TPSA) is 143 Å². The number of carbonyl (C=O) groups excluding carboxylic acids is 1. The Morgan fingerprint density at radius 2 is 2.10 bits per heavy atom. The van der Waals surface area contributed by atoms with Gasteiger partial charge in [0.25, 0.3) is 0 Å². The summed E-state index contributed by atoms with van der Waals surface area (Å²) in [5.74, 6) is -2.53. The van der Waals surface area contributed by atoms with E-state index in [4.69, 9.17) is 16.6 Å². The normalized spacial score (nSPS) is 23.8. The molecule has 1 aliphatic carbocycles. The molecule has 2 aliphatic rings. The number of hydrogen-bond donors (Lipinski definition) is 3. The van der Waals surface area contributed by atoms with Crippen molar-refractivity contribution in [2.45, 2.75) is 25.7 Å². The third kappa shape index (κ3) is 2.61. The molecule has 1 amide bonds. The lowest BCUT2D eigenvalue weighted by molar-refractivity contribution is -0.134. The Labute approximate surface area is 126 Å². The second-order valence-electron chi connectivity index (χ2n) is 5.20. The summed E-state index contributed by atoms with van der Waals surface area (Å²) in [4.78, 5) is 26.8. The predicted octanol–water partition coefficient (Wildman–Crippen LogP) is 0.572. The maximum absolute atomic E-state index is 11.9. The number of rotatable bonds is 3. The number of hydrogen-bond acceptors (Lipinski definition) is 6. The zero-order chi connectivity index (χ0) is 15.6. The molecule has 0 aromatic carbocycles. The molecule has 0 radical (unpaired) electrons. The molecule has 112 valence electrons. The Morgan fingerprint density at radius 3 is 2.57 bits per heavy atom. The van der Waals surface area contributed by atoms with Crippen molar-refractivity contribution in [2.75, 3.05) is 5.75 Å². The highest BCUT2D eigenvalue weighted by molar-refractivity contribution is 8.14. The van der Waals surface area contributed by atoms with Gasteiger partial charge in [-0.2, -0.15) is 5.26 Å². The molecule has 0 aromatic heterocycles. The molecule has 7 nitrogen and oxygen atoms in total. The van der Waals surface area contributed by atoms with Gasteiger partial charge in [0.15, 0.2) is 0 Å². The number of carboxylic acids is 1. The average Bonchev–Trinajstić information content (AvgIpc) is 2.85. The Bertz CT molecular complexity index is 585. The van der Waals surface area contributed by atoms with Gasteiger partial charge in [0.2, 0.25) is 5.91 Å². The van der Waals surface area contributed by atoms with Gasteiger partial charge >= 0.3 is 5.97 Å². The summed E-state index contributed by atoms with van der Waals surface area (Å²) in [5.41, 5.74) is 11.0. The number of carboxylic acid groups (broad SMARTS) is 1. The van der Waals surface area contributed by atoms with Crippen molar-refractivity contribution in [3.63, 3.8) is 0 Å². The molecular formula is C13H16N4O3S. The van der Waals surface area contributed by atoms with E-state index in [2.05, 4.69) is 11.1 Å². The first-order valence-corrected chi connectivity index (χ1v) is 7.54. The van der Waals surface area contributed by atoms with Gasteiger partial charge in [-0.15, -0.1) is 0 Å². The quantitative estimate of drug-likeness (QED) is 0.695. The minimum Gasteiger partial charge on any atom is -0.481 e. The fraction of sp³-hybridized carbons (Fsp3) is 0.538. The maximum atomic E-state index is 11.9. The lowest BCUT2D eigenvalue weighted by Crippen LogP contribution is -2.46. The van der Waals surface area contributed by atoms with Crippen LogP contribution in [0.3, 0.4) is 0 Å². The molecule has 0 bridgehead atoms. The maximum Gasteiger partial charge on any atom is 0.313 e. The van der Waals surface area contributed by atoms with Gasteiger partial charge < -0.3 is 16.6 Å². The average molecular weight is 308 g/mol. The van der Waals surface area contributed by atoms with Crippen molar-refractivity contribution in [1.82, 2.24) is 0 Å². The van der Waals surface area contributed by atoms with Crippen molar-refractivity contribution in [1.29, 1.82) is 5.26 Å². The largest absolute Gasteiger partial charge is 0.481 e. The lowest BCUT2D eigenvalue weighted by Gasteiger charge is -2.38. The highest BCUT2D eigenvalue weighted by Crippen LogP contribution is 2.53. The first kappa shape index (κ1) is 15.4. The lowest BCUT2D eigenvalue weighted by atomic mass is 9.67. The number of primary amides is 1. The minimum atomic E-state index is -1.01. The smallest absolute Gasteiger partial charge is 0.313 e. The first-order chi connectivity index (χ1) is 9.92. The van der Waals surface area contributed by atoms with Crippen molar-refractivity contribution in [3.05, 3.63) is 11.4 Å². The first-order valence-electron chi connectivity index (χ1n) is 6.55. The van der Waals surface area contributed by atoms with E-state index in [-0.39, 0.29) is 11.6 Å². The molecule has 0 saturated heterocycles. The van der Waals surface area contributed by atoms with Crippen molar-refractivity contribution in [2.24, 2.45) is 27.8 Å². The molecule has 1 atom stereocenters. The van der Waals surface area contributed by atoms with Gasteiger partial charge in [-0.3, -0.25) is 9.59 Å². The highest BCUT2D eigenvalue weighted by atomic mass is 32.2. The molecule has 1 aliphatic heterocycles. The van der Waals surface area contributed by atoms with Crippen LogP contribution in [0.4, 0.5) is 0 Å². The van der Waals surface area contributed by atoms with Crippen LogP contribution in [0, 0.1) is 22.7 Å². The number of nitriles is 1. The number of aliphatic imine (C=N–C) groups is 1. The molecule has 0 aromatic rings. The number of allylic oxidation sites excluding steroid dienone is 1. The van der Waals surface area contributed by atoms with Gasteiger partial charge in [-0.1, -0.05) is 24.6 Å². The molecular weight excluding hydrogens is 292 g/mol. The monoisotopic (exact) mass is 308 g/mol. The molecule has 1 fully saturated rings. The Kier molecular flexibility index (Phi) is 4.23. The third-order valence-corrected chi connectivity index (χ3v) is 5.03. The number of amides is 1. The van der Waals surface area contributed by atoms with E-state index in [1.165, 1.54) is 0 Å². The fourth-order valence-corrected chi connectivity index (χ4v) is 4.18. The molecule has 5 N–H and O–H groups in total. The summed E-state index contributed by atoms with van der Waals surface area (Å²) >= 11 is 0.945. The van der Waals surface area contributed by atoms with Gasteiger partial charge in [-0.25, -0.2) is 4.99 Å². The summed E-state index contributed by atoms with van der Waals surface area (Å²) in [7, 11) is 0. The Balaban J connectivity index is 2.49. The van der Waals surface area contributed by atoms with Crippen LogP contribution in [0.5, 0.6) is 0 Å². The fourth-order valence-electron chi connectivity index (χ4n) is 3.23. The molecule has 2 rings (SSSR count). The number of carbonyl (C=O) groups is 2. The minimum absolute atomic E-state index is 0.0739. The second-order valence-corrected chi connectivity index (χ2v) is 6.20. The summed E-state index contributed by atoms with van der Waals surface area (Å²) in [6.07, 6.45) is 3.02. The van der Waals surface area contributed by atoms with Gasteiger partial charge in [0.1, 0.15) is 5.82 Å². The summed E-state index contributed by atoms with van der Waals surface area (Å²) in [6, 6.07) is 2.07. The van der Waals surface area contributed by atoms with E-state index in [9.17, 15) is 14.9 Å². The predicted molar refractivity (Wildman–Crippen MR) is 77.9 cm³/mol. The van der Waals surface area contributed by atoms with E-state index in [0.29, 0.717) is 23.5 Å². The Morgan fingerprint density at radius 1 is 1.48 bits per heavy atom. The van der Waals surface area contributed by atoms with Crippen LogP contribution in [-0.2, 0) is 9.59 Å². The van der Waals surface area contributed by atoms with Crippen LogP contribution >= 0.6 is 11.8 Å². The summed E-state index contributed by atoms with van der Waals surface area (Å²) in [6.45, 7) is 0. The van der Waals surface area contributed by atoms with Crippen LogP contribution in [0.25, 0.3) is 0 Å². The second kappa shape index (κ2) is 5.77. The molecule has 8 heteroatoms.